The molecule has 1 heterocycles. The quantitative estimate of drug-likeness (QED) is 0.294. The summed E-state index contributed by atoms with van der Waals surface area (Å²) in [5, 5.41) is 22.7. The van der Waals surface area contributed by atoms with Crippen molar-refractivity contribution in [2.45, 2.75) is 57.7 Å². The number of nitrogens with two attached hydrogens (primary N) is 1. The number of carboxylic acid groups (broad SMARTS) is 2. The minimum atomic E-state index is -1.17. The molecule has 1 aliphatic heterocycles. The van der Waals surface area contributed by atoms with Crippen molar-refractivity contribution in [1.82, 2.24) is 15.5 Å². The summed E-state index contributed by atoms with van der Waals surface area (Å²) in [6, 6.07) is -2.96. The van der Waals surface area contributed by atoms with Gasteiger partial charge < -0.3 is 31.5 Å². The highest BCUT2D eigenvalue weighted by Gasteiger charge is 2.34. The van der Waals surface area contributed by atoms with Crippen LogP contribution in [0.5, 0.6) is 0 Å². The van der Waals surface area contributed by atoms with Crippen LogP contribution >= 0.6 is 0 Å². The Labute approximate surface area is 162 Å². The Balaban J connectivity index is 2.69. The highest BCUT2D eigenvalue weighted by atomic mass is 16.4. The predicted molar refractivity (Wildman–Crippen MR) is 97.0 cm³/mol. The monoisotopic (exact) mass is 400 g/mol. The third-order valence-corrected chi connectivity index (χ3v) is 4.57. The van der Waals surface area contributed by atoms with E-state index in [1.165, 1.54) is 4.90 Å². The molecular formula is C17H28N4O7. The zero-order valence-corrected chi connectivity index (χ0v) is 16.0. The minimum Gasteiger partial charge on any atom is -0.481 e. The van der Waals surface area contributed by atoms with Crippen LogP contribution in [0, 0.1) is 5.92 Å². The van der Waals surface area contributed by atoms with Gasteiger partial charge in [0, 0.05) is 13.0 Å². The van der Waals surface area contributed by atoms with Crippen molar-refractivity contribution in [3.63, 3.8) is 0 Å². The zero-order valence-electron chi connectivity index (χ0n) is 16.0. The Morgan fingerprint density at radius 2 is 1.79 bits per heavy atom. The molecule has 3 amide bonds. The van der Waals surface area contributed by atoms with Gasteiger partial charge in [0.25, 0.3) is 0 Å². The van der Waals surface area contributed by atoms with Crippen LogP contribution in [-0.4, -0.2) is 76.0 Å². The number of nitrogens with one attached hydrogen (secondary N) is 2. The molecule has 1 rings (SSSR count). The normalized spacial score (nSPS) is 18.4. The van der Waals surface area contributed by atoms with Gasteiger partial charge in [-0.3, -0.25) is 19.2 Å². The highest BCUT2D eigenvalue weighted by Crippen LogP contribution is 2.17. The standard InChI is InChI=1S/C17H28N4O7/c1-9(2)14(18)16(26)20-10(5-6-13(23)24)15(25)19-8-12(22)21-7-3-4-11(21)17(27)28/h9-11,14H,3-8,18H2,1-2H3,(H,19,25)(H,20,26)(H,23,24)(H,27,28). The first-order valence-electron chi connectivity index (χ1n) is 9.12. The zero-order chi connectivity index (χ0) is 21.4. The third-order valence-electron chi connectivity index (χ3n) is 4.57. The molecule has 11 nitrogen and oxygen atoms in total. The number of carbonyl (C=O) groups excluding carboxylic acids is 3. The van der Waals surface area contributed by atoms with Crippen LogP contribution in [0.2, 0.25) is 0 Å². The summed E-state index contributed by atoms with van der Waals surface area (Å²) in [6.45, 7) is 3.29. The van der Waals surface area contributed by atoms with Crippen molar-refractivity contribution < 1.29 is 34.2 Å². The Kier molecular flexibility index (Phi) is 8.83. The van der Waals surface area contributed by atoms with Crippen LogP contribution in [0.4, 0.5) is 0 Å². The summed E-state index contributed by atoms with van der Waals surface area (Å²) in [7, 11) is 0. The molecule has 1 aliphatic rings. The molecule has 1 fully saturated rings. The molecular weight excluding hydrogens is 372 g/mol. The number of aliphatic carboxylic acids is 2. The molecule has 3 unspecified atom stereocenters. The van der Waals surface area contributed by atoms with Crippen molar-refractivity contribution in [3.8, 4) is 0 Å². The number of likely N-dealkylation sites (tertiary alicyclic amines) is 1. The highest BCUT2D eigenvalue weighted by molar-refractivity contribution is 5.93. The summed E-state index contributed by atoms with van der Waals surface area (Å²) in [6.07, 6.45) is 0.365. The fourth-order valence-corrected chi connectivity index (χ4v) is 2.82. The Bertz CT molecular complexity index is 623. The summed E-state index contributed by atoms with van der Waals surface area (Å²) in [4.78, 5) is 59.8. The maximum Gasteiger partial charge on any atom is 0.326 e. The third kappa shape index (κ3) is 6.80. The topological polar surface area (TPSA) is 179 Å². The van der Waals surface area contributed by atoms with Crippen LogP contribution in [0.1, 0.15) is 39.5 Å². The first kappa shape index (κ1) is 23.3. The van der Waals surface area contributed by atoms with Gasteiger partial charge in [-0.1, -0.05) is 13.8 Å². The number of carboxylic acids is 2. The van der Waals surface area contributed by atoms with Gasteiger partial charge in [-0.2, -0.15) is 0 Å². The second-order valence-corrected chi connectivity index (χ2v) is 7.06. The van der Waals surface area contributed by atoms with E-state index in [2.05, 4.69) is 10.6 Å². The molecule has 158 valence electrons. The average molecular weight is 400 g/mol. The molecule has 3 atom stereocenters. The van der Waals surface area contributed by atoms with E-state index in [9.17, 15) is 24.0 Å². The lowest BCUT2D eigenvalue weighted by molar-refractivity contribution is -0.148. The fraction of sp³-hybridized carbons (Fsp3) is 0.706. The van der Waals surface area contributed by atoms with E-state index in [0.717, 1.165) is 0 Å². The number of nitrogens with zero attached hydrogens (tertiary/aromatic N) is 1. The summed E-state index contributed by atoms with van der Waals surface area (Å²) in [5.74, 6) is -4.32. The Morgan fingerprint density at radius 3 is 2.32 bits per heavy atom. The molecule has 0 aliphatic carbocycles. The van der Waals surface area contributed by atoms with Gasteiger partial charge >= 0.3 is 11.9 Å². The first-order chi connectivity index (χ1) is 13.0. The van der Waals surface area contributed by atoms with E-state index in [4.69, 9.17) is 15.9 Å². The molecule has 0 aromatic rings. The maximum absolute atomic E-state index is 12.4. The van der Waals surface area contributed by atoms with Crippen LogP contribution in [-0.2, 0) is 24.0 Å². The van der Waals surface area contributed by atoms with Gasteiger partial charge in [-0.25, -0.2) is 4.79 Å². The Morgan fingerprint density at radius 1 is 1.14 bits per heavy atom. The van der Waals surface area contributed by atoms with Crippen LogP contribution in [0.3, 0.4) is 0 Å². The number of hydrogen-bond donors (Lipinski definition) is 5. The largest absolute Gasteiger partial charge is 0.481 e. The number of hydrogen-bond acceptors (Lipinski definition) is 6. The lowest BCUT2D eigenvalue weighted by Crippen LogP contribution is -2.54. The van der Waals surface area contributed by atoms with Crippen molar-refractivity contribution in [1.29, 1.82) is 0 Å². The summed E-state index contributed by atoms with van der Waals surface area (Å²) in [5.41, 5.74) is 5.74. The van der Waals surface area contributed by atoms with Crippen molar-refractivity contribution in [3.05, 3.63) is 0 Å². The summed E-state index contributed by atoms with van der Waals surface area (Å²) >= 11 is 0. The minimum absolute atomic E-state index is 0.173. The lowest BCUT2D eigenvalue weighted by Gasteiger charge is -2.24. The average Bonchev–Trinajstić information content (AvgIpc) is 3.11. The fourth-order valence-electron chi connectivity index (χ4n) is 2.82. The van der Waals surface area contributed by atoms with Crippen LogP contribution in [0.15, 0.2) is 0 Å². The first-order valence-corrected chi connectivity index (χ1v) is 9.12. The van der Waals surface area contributed by atoms with Crippen molar-refractivity contribution >= 4 is 29.7 Å². The van der Waals surface area contributed by atoms with E-state index in [0.29, 0.717) is 12.8 Å². The SMILES string of the molecule is CC(C)C(N)C(=O)NC(CCC(=O)O)C(=O)NCC(=O)N1CCCC1C(=O)O. The molecule has 0 radical (unpaired) electrons. The molecule has 11 heteroatoms. The second-order valence-electron chi connectivity index (χ2n) is 7.06. The smallest absolute Gasteiger partial charge is 0.326 e. The maximum atomic E-state index is 12.4. The van der Waals surface area contributed by atoms with Gasteiger partial charge in [-0.05, 0) is 25.2 Å². The van der Waals surface area contributed by atoms with Crippen molar-refractivity contribution in [2.24, 2.45) is 11.7 Å². The molecule has 28 heavy (non-hydrogen) atoms. The van der Waals surface area contributed by atoms with Gasteiger partial charge in [0.1, 0.15) is 12.1 Å². The molecule has 0 aromatic carbocycles. The molecule has 1 saturated heterocycles. The van der Waals surface area contributed by atoms with Gasteiger partial charge in [0.05, 0.1) is 12.6 Å². The van der Waals surface area contributed by atoms with Gasteiger partial charge in [0.15, 0.2) is 0 Å². The van der Waals surface area contributed by atoms with Crippen LogP contribution < -0.4 is 16.4 Å². The number of carbonyl (C=O) groups is 5. The van der Waals surface area contributed by atoms with Crippen molar-refractivity contribution in [2.75, 3.05) is 13.1 Å². The molecule has 6 N–H and O–H groups in total. The second kappa shape index (κ2) is 10.6. The molecule has 0 spiro atoms. The molecule has 0 aromatic heterocycles. The van der Waals surface area contributed by atoms with Crippen LogP contribution in [0.25, 0.3) is 0 Å². The lowest BCUT2D eigenvalue weighted by atomic mass is 10.0. The molecule has 0 saturated carbocycles. The van der Waals surface area contributed by atoms with Gasteiger partial charge in [-0.15, -0.1) is 0 Å². The number of rotatable bonds is 10. The van der Waals surface area contributed by atoms with E-state index in [1.807, 2.05) is 0 Å². The summed E-state index contributed by atoms with van der Waals surface area (Å²) < 4.78 is 0. The number of amides is 3. The van der Waals surface area contributed by atoms with Gasteiger partial charge in [0.2, 0.25) is 17.7 Å². The predicted octanol–water partition coefficient (Wildman–Crippen LogP) is -1.49. The van der Waals surface area contributed by atoms with E-state index >= 15 is 0 Å². The van der Waals surface area contributed by atoms with E-state index in [-0.39, 0.29) is 25.3 Å². The van der Waals surface area contributed by atoms with E-state index in [1.54, 1.807) is 13.8 Å². The Hall–Kier alpha value is -2.69. The molecule has 0 bridgehead atoms. The van der Waals surface area contributed by atoms with E-state index < -0.39 is 54.3 Å².